The number of aromatic nitrogens is 2. The third kappa shape index (κ3) is 6.88. The molecular formula is C26H25Cl3F3N5O2. The van der Waals surface area contributed by atoms with Gasteiger partial charge in [-0.3, -0.25) is 4.79 Å². The van der Waals surface area contributed by atoms with Crippen LogP contribution in [0.1, 0.15) is 29.8 Å². The first-order chi connectivity index (χ1) is 18.6. The van der Waals surface area contributed by atoms with E-state index in [0.717, 1.165) is 6.07 Å². The van der Waals surface area contributed by atoms with Gasteiger partial charge in [0, 0.05) is 25.3 Å². The number of hydrogen-bond donors (Lipinski definition) is 3. The lowest BCUT2D eigenvalue weighted by Crippen LogP contribution is -2.16. The fourth-order valence-corrected chi connectivity index (χ4v) is 4.26. The Hall–Kier alpha value is -3.18. The Balaban J connectivity index is 0.00000205. The molecule has 3 aromatic carbocycles. The highest BCUT2D eigenvalue weighted by Crippen LogP contribution is 2.36. The summed E-state index contributed by atoms with van der Waals surface area (Å²) in [4.78, 5) is 17.6. The van der Waals surface area contributed by atoms with Gasteiger partial charge in [-0.25, -0.2) is 18.2 Å². The Labute approximate surface area is 238 Å². The van der Waals surface area contributed by atoms with Gasteiger partial charge in [0.2, 0.25) is 5.95 Å². The van der Waals surface area contributed by atoms with Crippen LogP contribution in [0.5, 0.6) is 5.75 Å². The molecule has 1 heterocycles. The van der Waals surface area contributed by atoms with Crippen molar-refractivity contribution in [3.8, 4) is 5.75 Å². The van der Waals surface area contributed by atoms with E-state index in [1.165, 1.54) is 24.3 Å². The number of halogens is 6. The van der Waals surface area contributed by atoms with Gasteiger partial charge >= 0.3 is 0 Å². The Kier molecular flexibility index (Phi) is 10.3. The molecule has 0 radical (unpaired) electrons. The molecule has 0 atom stereocenters. The summed E-state index contributed by atoms with van der Waals surface area (Å²) in [5.74, 6) is -1.16. The number of imidazole rings is 1. The second-order valence-corrected chi connectivity index (χ2v) is 9.03. The smallest absolute Gasteiger partial charge is 0.272 e. The van der Waals surface area contributed by atoms with Crippen LogP contribution in [0, 0.1) is 5.82 Å². The van der Waals surface area contributed by atoms with Crippen molar-refractivity contribution in [3.63, 3.8) is 0 Å². The first-order valence-electron chi connectivity index (χ1n) is 11.7. The van der Waals surface area contributed by atoms with Gasteiger partial charge < -0.3 is 25.7 Å². The van der Waals surface area contributed by atoms with Crippen LogP contribution < -0.4 is 21.1 Å². The zero-order chi connectivity index (χ0) is 28.9. The third-order valence-electron chi connectivity index (χ3n) is 5.40. The van der Waals surface area contributed by atoms with Gasteiger partial charge in [-0.15, -0.1) is 0 Å². The lowest BCUT2D eigenvalue weighted by atomic mass is 10.1. The van der Waals surface area contributed by atoms with E-state index in [9.17, 15) is 18.0 Å². The van der Waals surface area contributed by atoms with Crippen LogP contribution in [-0.2, 0) is 13.6 Å². The molecular weight excluding hydrogens is 578 g/mol. The van der Waals surface area contributed by atoms with E-state index in [-0.39, 0.29) is 28.6 Å². The van der Waals surface area contributed by atoms with Crippen molar-refractivity contribution in [2.24, 2.45) is 12.8 Å². The zero-order valence-corrected chi connectivity index (χ0v) is 23.4. The van der Waals surface area contributed by atoms with Crippen LogP contribution in [0.2, 0.25) is 15.1 Å². The monoisotopic (exact) mass is 601 g/mol. The summed E-state index contributed by atoms with van der Waals surface area (Å²) in [5, 5.41) is 6.07. The number of rotatable bonds is 8. The minimum atomic E-state index is -2.77. The fraction of sp³-hybridized carbons (Fsp3) is 0.231. The fourth-order valence-electron chi connectivity index (χ4n) is 3.53. The molecule has 0 spiro atoms. The van der Waals surface area contributed by atoms with Gasteiger partial charge in [0.15, 0.2) is 0 Å². The highest BCUT2D eigenvalue weighted by atomic mass is 35.5. The Bertz CT molecular complexity index is 1500. The summed E-state index contributed by atoms with van der Waals surface area (Å²) in [5.41, 5.74) is 7.71. The molecule has 0 aliphatic rings. The summed E-state index contributed by atoms with van der Waals surface area (Å²) >= 11 is 18.5. The first kappa shape index (κ1) is 30.4. The minimum absolute atomic E-state index is 0.0700. The molecule has 4 aromatic rings. The van der Waals surface area contributed by atoms with E-state index in [1.54, 1.807) is 23.7 Å². The molecule has 0 saturated carbocycles. The number of fused-ring (bicyclic) bond motifs is 1. The van der Waals surface area contributed by atoms with Crippen molar-refractivity contribution < 1.29 is 22.7 Å². The number of benzene rings is 3. The number of carbonyl (C=O) groups excluding carboxylic acids is 1. The SMILES string of the molecule is CC.Cn1c(Nc2c(Cl)ccc(CN)c2Cl)nc2cc(C(=O)Nc3ccc(F)c(Cl)c3)c(OCC(F)F)cc21. The van der Waals surface area contributed by atoms with Crippen LogP contribution in [0.15, 0.2) is 42.5 Å². The molecule has 4 N–H and O–H groups in total. The Morgan fingerprint density at radius 2 is 1.82 bits per heavy atom. The molecule has 7 nitrogen and oxygen atoms in total. The van der Waals surface area contributed by atoms with Crippen LogP contribution in [0.4, 0.5) is 30.5 Å². The van der Waals surface area contributed by atoms with Gasteiger partial charge in [-0.05, 0) is 35.9 Å². The molecule has 208 valence electrons. The molecule has 0 unspecified atom stereocenters. The van der Waals surface area contributed by atoms with Crippen LogP contribution in [0.3, 0.4) is 0 Å². The normalized spacial score (nSPS) is 10.8. The van der Waals surface area contributed by atoms with Crippen LogP contribution in [-0.4, -0.2) is 28.5 Å². The summed E-state index contributed by atoms with van der Waals surface area (Å²) < 4.78 is 46.2. The van der Waals surface area contributed by atoms with Gasteiger partial charge in [0.25, 0.3) is 12.3 Å². The molecule has 0 aliphatic heterocycles. The minimum Gasteiger partial charge on any atom is -0.487 e. The number of nitrogens with one attached hydrogen (secondary N) is 2. The number of nitrogens with two attached hydrogens (primary N) is 1. The van der Waals surface area contributed by atoms with Crippen molar-refractivity contribution in [2.75, 3.05) is 17.2 Å². The lowest BCUT2D eigenvalue weighted by molar-refractivity contribution is 0.0804. The summed E-state index contributed by atoms with van der Waals surface area (Å²) in [7, 11) is 1.67. The number of nitrogens with zero attached hydrogens (tertiary/aromatic N) is 2. The molecule has 0 fully saturated rings. The van der Waals surface area contributed by atoms with Gasteiger partial charge in [0.05, 0.1) is 37.4 Å². The Morgan fingerprint density at radius 3 is 2.46 bits per heavy atom. The Morgan fingerprint density at radius 1 is 1.10 bits per heavy atom. The average molecular weight is 603 g/mol. The number of hydrogen-bond acceptors (Lipinski definition) is 5. The number of aryl methyl sites for hydroxylation is 1. The number of anilines is 3. The molecule has 13 heteroatoms. The van der Waals surface area contributed by atoms with E-state index >= 15 is 0 Å². The van der Waals surface area contributed by atoms with E-state index in [1.807, 2.05) is 13.8 Å². The van der Waals surface area contributed by atoms with E-state index in [0.29, 0.717) is 38.3 Å². The van der Waals surface area contributed by atoms with Gasteiger partial charge in [-0.2, -0.15) is 0 Å². The molecule has 0 bridgehead atoms. The van der Waals surface area contributed by atoms with Crippen molar-refractivity contribution in [1.82, 2.24) is 9.55 Å². The molecule has 1 aromatic heterocycles. The average Bonchev–Trinajstić information content (AvgIpc) is 3.22. The highest BCUT2D eigenvalue weighted by molar-refractivity contribution is 6.39. The molecule has 1 amide bonds. The van der Waals surface area contributed by atoms with Crippen LogP contribution >= 0.6 is 34.8 Å². The maximum absolute atomic E-state index is 13.5. The topological polar surface area (TPSA) is 94.2 Å². The molecule has 39 heavy (non-hydrogen) atoms. The number of amides is 1. The predicted molar refractivity (Wildman–Crippen MR) is 151 cm³/mol. The molecule has 0 saturated heterocycles. The van der Waals surface area contributed by atoms with E-state index in [2.05, 4.69) is 15.6 Å². The highest BCUT2D eigenvalue weighted by Gasteiger charge is 2.21. The third-order valence-corrected chi connectivity index (χ3v) is 6.43. The standard InChI is InChI=1S/C24H19Cl3F3N5O2.C2H6/c1-35-18-8-19(37-10-20(29)30)13(23(36)32-12-3-5-16(28)15(26)6-12)7-17(18)33-24(35)34-22-14(25)4-2-11(9-31)21(22)27;1-2/h2-8,20H,9-10,31H2,1H3,(H,32,36)(H,33,34);1-2H3. The van der Waals surface area contributed by atoms with Crippen molar-refractivity contribution in [1.29, 1.82) is 0 Å². The second kappa shape index (κ2) is 13.3. The predicted octanol–water partition coefficient (Wildman–Crippen LogP) is 7.80. The second-order valence-electron chi connectivity index (χ2n) is 7.84. The molecule has 4 rings (SSSR count). The quantitative estimate of drug-likeness (QED) is 0.191. The van der Waals surface area contributed by atoms with Gasteiger partial charge in [-0.1, -0.05) is 54.7 Å². The van der Waals surface area contributed by atoms with Crippen molar-refractivity contribution in [2.45, 2.75) is 26.8 Å². The lowest BCUT2D eigenvalue weighted by Gasteiger charge is -2.13. The number of carbonyl (C=O) groups is 1. The van der Waals surface area contributed by atoms with Gasteiger partial charge in [0.1, 0.15) is 18.2 Å². The largest absolute Gasteiger partial charge is 0.487 e. The molecule has 0 aliphatic carbocycles. The summed E-state index contributed by atoms with van der Waals surface area (Å²) in [6.07, 6.45) is -2.77. The van der Waals surface area contributed by atoms with E-state index in [4.69, 9.17) is 45.3 Å². The van der Waals surface area contributed by atoms with Crippen LogP contribution in [0.25, 0.3) is 11.0 Å². The van der Waals surface area contributed by atoms with Crippen molar-refractivity contribution >= 4 is 69.1 Å². The maximum Gasteiger partial charge on any atom is 0.272 e. The van der Waals surface area contributed by atoms with Crippen molar-refractivity contribution in [3.05, 3.63) is 74.5 Å². The maximum atomic E-state index is 13.5. The number of alkyl halides is 2. The first-order valence-corrected chi connectivity index (χ1v) is 12.8. The number of ether oxygens (including phenoxy) is 1. The summed E-state index contributed by atoms with van der Waals surface area (Å²) in [6, 6.07) is 9.77. The van der Waals surface area contributed by atoms with E-state index < -0.39 is 24.8 Å². The zero-order valence-electron chi connectivity index (χ0n) is 21.1. The summed E-state index contributed by atoms with van der Waals surface area (Å²) in [6.45, 7) is 3.25.